The molecule has 1 aromatic rings. The maximum Gasteiger partial charge on any atom is 0.179 e. The Hall–Kier alpha value is -0.930. The van der Waals surface area contributed by atoms with Gasteiger partial charge in [0, 0.05) is 0 Å². The van der Waals surface area contributed by atoms with Crippen molar-refractivity contribution < 1.29 is 9.47 Å². The monoisotopic (exact) mass is 269 g/mol. The van der Waals surface area contributed by atoms with Crippen molar-refractivity contribution in [1.29, 1.82) is 0 Å². The fraction of sp³-hybridized carbons (Fsp3) is 0.571. The van der Waals surface area contributed by atoms with Gasteiger partial charge in [-0.05, 0) is 43.0 Å². The fourth-order valence-electron chi connectivity index (χ4n) is 1.96. The summed E-state index contributed by atoms with van der Waals surface area (Å²) >= 11 is 6.23. The molecule has 1 aliphatic carbocycles. The first-order valence-electron chi connectivity index (χ1n) is 6.44. The molecule has 4 heteroatoms. The van der Waals surface area contributed by atoms with Crippen LogP contribution in [0.25, 0.3) is 0 Å². The van der Waals surface area contributed by atoms with Gasteiger partial charge < -0.3 is 15.2 Å². The first-order chi connectivity index (χ1) is 8.74. The highest BCUT2D eigenvalue weighted by molar-refractivity contribution is 6.32. The molecule has 0 aliphatic heterocycles. The van der Waals surface area contributed by atoms with Gasteiger partial charge in [0.25, 0.3) is 0 Å². The van der Waals surface area contributed by atoms with Crippen molar-refractivity contribution in [2.75, 3.05) is 20.3 Å². The molecule has 0 spiro atoms. The van der Waals surface area contributed by atoms with E-state index in [1.165, 1.54) is 12.8 Å². The van der Waals surface area contributed by atoms with Crippen LogP contribution in [0.1, 0.15) is 24.8 Å². The summed E-state index contributed by atoms with van der Waals surface area (Å²) in [6, 6.07) is 3.86. The minimum absolute atomic E-state index is 0.599. The molecule has 0 bridgehead atoms. The highest BCUT2D eigenvalue weighted by Crippen LogP contribution is 2.38. The number of rotatable bonds is 7. The van der Waals surface area contributed by atoms with Crippen molar-refractivity contribution in [2.24, 2.45) is 11.7 Å². The standard InChI is InChI=1S/C14H20ClNO2/c1-17-13-9-11(4-6-16)8-12(15)14(13)18-7-5-10-2-3-10/h8-10H,2-7,16H2,1H3. The number of benzene rings is 1. The molecule has 0 atom stereocenters. The maximum atomic E-state index is 6.23. The van der Waals surface area contributed by atoms with Crippen molar-refractivity contribution >= 4 is 11.6 Å². The topological polar surface area (TPSA) is 44.5 Å². The number of hydrogen-bond donors (Lipinski definition) is 1. The smallest absolute Gasteiger partial charge is 0.179 e. The number of hydrogen-bond acceptors (Lipinski definition) is 3. The van der Waals surface area contributed by atoms with Crippen molar-refractivity contribution in [3.8, 4) is 11.5 Å². The summed E-state index contributed by atoms with van der Waals surface area (Å²) in [6.07, 6.45) is 4.57. The normalized spacial score (nSPS) is 14.6. The zero-order valence-electron chi connectivity index (χ0n) is 10.7. The van der Waals surface area contributed by atoms with Gasteiger partial charge in [-0.1, -0.05) is 24.4 Å². The summed E-state index contributed by atoms with van der Waals surface area (Å²) < 4.78 is 11.1. The summed E-state index contributed by atoms with van der Waals surface area (Å²) in [7, 11) is 1.63. The minimum atomic E-state index is 0.599. The Morgan fingerprint density at radius 2 is 2.17 bits per heavy atom. The van der Waals surface area contributed by atoms with Crippen LogP contribution in [-0.4, -0.2) is 20.3 Å². The van der Waals surface area contributed by atoms with E-state index in [4.69, 9.17) is 26.8 Å². The van der Waals surface area contributed by atoms with Gasteiger partial charge in [-0.3, -0.25) is 0 Å². The quantitative estimate of drug-likeness (QED) is 0.828. The highest BCUT2D eigenvalue weighted by atomic mass is 35.5. The molecular formula is C14H20ClNO2. The second kappa shape index (κ2) is 6.30. The van der Waals surface area contributed by atoms with Crippen LogP contribution in [0.2, 0.25) is 5.02 Å². The van der Waals surface area contributed by atoms with Gasteiger partial charge in [0.15, 0.2) is 11.5 Å². The Kier molecular flexibility index (Phi) is 4.72. The molecular weight excluding hydrogens is 250 g/mol. The predicted octanol–water partition coefficient (Wildman–Crippen LogP) is 3.03. The van der Waals surface area contributed by atoms with Crippen LogP contribution in [0.3, 0.4) is 0 Å². The Balaban J connectivity index is 2.05. The van der Waals surface area contributed by atoms with E-state index >= 15 is 0 Å². The third-order valence-electron chi connectivity index (χ3n) is 3.19. The van der Waals surface area contributed by atoms with E-state index in [0.717, 1.165) is 24.3 Å². The average molecular weight is 270 g/mol. The van der Waals surface area contributed by atoms with E-state index in [1.54, 1.807) is 7.11 Å². The summed E-state index contributed by atoms with van der Waals surface area (Å²) in [6.45, 7) is 1.30. The van der Waals surface area contributed by atoms with Gasteiger partial charge in [0.05, 0.1) is 18.7 Å². The highest BCUT2D eigenvalue weighted by Gasteiger charge is 2.21. The number of nitrogens with two attached hydrogens (primary N) is 1. The van der Waals surface area contributed by atoms with Gasteiger partial charge in [-0.2, -0.15) is 0 Å². The van der Waals surface area contributed by atoms with Crippen molar-refractivity contribution in [1.82, 2.24) is 0 Å². The first-order valence-corrected chi connectivity index (χ1v) is 6.81. The molecule has 1 saturated carbocycles. The van der Waals surface area contributed by atoms with Crippen molar-refractivity contribution in [3.05, 3.63) is 22.7 Å². The van der Waals surface area contributed by atoms with Gasteiger partial charge in [-0.25, -0.2) is 0 Å². The zero-order chi connectivity index (χ0) is 13.0. The predicted molar refractivity (Wildman–Crippen MR) is 73.6 cm³/mol. The third-order valence-corrected chi connectivity index (χ3v) is 3.47. The van der Waals surface area contributed by atoms with Crippen LogP contribution in [0.5, 0.6) is 11.5 Å². The van der Waals surface area contributed by atoms with Crippen LogP contribution >= 0.6 is 11.6 Å². The lowest BCUT2D eigenvalue weighted by molar-refractivity contribution is 0.283. The maximum absolute atomic E-state index is 6.23. The summed E-state index contributed by atoms with van der Waals surface area (Å²) in [4.78, 5) is 0. The molecule has 1 aromatic carbocycles. The van der Waals surface area contributed by atoms with E-state index in [9.17, 15) is 0 Å². The lowest BCUT2D eigenvalue weighted by atomic mass is 10.1. The van der Waals surface area contributed by atoms with Gasteiger partial charge in [-0.15, -0.1) is 0 Å². The van der Waals surface area contributed by atoms with E-state index in [0.29, 0.717) is 29.7 Å². The number of methoxy groups -OCH3 is 1. The van der Waals surface area contributed by atoms with E-state index in [1.807, 2.05) is 12.1 Å². The van der Waals surface area contributed by atoms with Crippen LogP contribution in [0.15, 0.2) is 12.1 Å². The molecule has 0 radical (unpaired) electrons. The molecule has 1 aliphatic rings. The molecule has 2 N–H and O–H groups in total. The molecule has 0 saturated heterocycles. The van der Waals surface area contributed by atoms with E-state index < -0.39 is 0 Å². The number of ether oxygens (including phenoxy) is 2. The first kappa shape index (κ1) is 13.5. The SMILES string of the molecule is COc1cc(CCN)cc(Cl)c1OCCC1CC1. The third kappa shape index (κ3) is 3.53. The molecule has 0 amide bonds. The number of halogens is 1. The molecule has 100 valence electrons. The molecule has 0 heterocycles. The summed E-state index contributed by atoms with van der Waals surface area (Å²) in [5.74, 6) is 2.20. The summed E-state index contributed by atoms with van der Waals surface area (Å²) in [5, 5.41) is 0.605. The van der Waals surface area contributed by atoms with Crippen molar-refractivity contribution in [2.45, 2.75) is 25.7 Å². The zero-order valence-corrected chi connectivity index (χ0v) is 11.5. The Bertz CT molecular complexity index is 405. The summed E-state index contributed by atoms with van der Waals surface area (Å²) in [5.41, 5.74) is 6.62. The Morgan fingerprint density at radius 1 is 1.39 bits per heavy atom. The van der Waals surface area contributed by atoms with E-state index in [2.05, 4.69) is 0 Å². The van der Waals surface area contributed by atoms with E-state index in [-0.39, 0.29) is 0 Å². The van der Waals surface area contributed by atoms with Crippen LogP contribution in [-0.2, 0) is 6.42 Å². The Morgan fingerprint density at radius 3 is 2.78 bits per heavy atom. The molecule has 2 rings (SSSR count). The average Bonchev–Trinajstić information content (AvgIpc) is 3.15. The minimum Gasteiger partial charge on any atom is -0.493 e. The van der Waals surface area contributed by atoms with Crippen LogP contribution in [0, 0.1) is 5.92 Å². The Labute approximate surface area is 113 Å². The van der Waals surface area contributed by atoms with Gasteiger partial charge in [0.2, 0.25) is 0 Å². The molecule has 3 nitrogen and oxygen atoms in total. The second-order valence-electron chi connectivity index (χ2n) is 4.73. The lowest BCUT2D eigenvalue weighted by Gasteiger charge is -2.14. The molecule has 0 unspecified atom stereocenters. The second-order valence-corrected chi connectivity index (χ2v) is 5.14. The van der Waals surface area contributed by atoms with Crippen LogP contribution < -0.4 is 15.2 Å². The van der Waals surface area contributed by atoms with Gasteiger partial charge >= 0.3 is 0 Å². The molecule has 18 heavy (non-hydrogen) atoms. The van der Waals surface area contributed by atoms with Gasteiger partial charge in [0.1, 0.15) is 0 Å². The largest absolute Gasteiger partial charge is 0.493 e. The van der Waals surface area contributed by atoms with Crippen LogP contribution in [0.4, 0.5) is 0 Å². The fourth-order valence-corrected chi connectivity index (χ4v) is 2.25. The van der Waals surface area contributed by atoms with Crippen molar-refractivity contribution in [3.63, 3.8) is 0 Å². The lowest BCUT2D eigenvalue weighted by Crippen LogP contribution is -2.05. The molecule has 1 fully saturated rings. The molecule has 0 aromatic heterocycles.